The molecule has 1 aliphatic carbocycles. The van der Waals surface area contributed by atoms with Gasteiger partial charge in [-0.2, -0.15) is 13.2 Å². The molecular formula is C28H30Cl2F3N5O3S. The van der Waals surface area contributed by atoms with E-state index in [2.05, 4.69) is 15.3 Å². The largest absolute Gasteiger partial charge is 0.433 e. The fourth-order valence-electron chi connectivity index (χ4n) is 6.14. The second-order valence-corrected chi connectivity index (χ2v) is 12.6. The molecule has 226 valence electrons. The van der Waals surface area contributed by atoms with E-state index in [1.54, 1.807) is 17.0 Å². The third kappa shape index (κ3) is 5.06. The van der Waals surface area contributed by atoms with Gasteiger partial charge in [-0.1, -0.05) is 13.8 Å². The number of thiophene rings is 1. The summed E-state index contributed by atoms with van der Waals surface area (Å²) in [6.45, 7) is 8.86. The molecule has 6 rings (SSSR count). The zero-order valence-electron chi connectivity index (χ0n) is 23.2. The number of halogens is 5. The molecule has 3 aromatic rings. The summed E-state index contributed by atoms with van der Waals surface area (Å²) in [7, 11) is 0. The summed E-state index contributed by atoms with van der Waals surface area (Å²) in [5, 5.41) is 3.22. The van der Waals surface area contributed by atoms with Crippen LogP contribution in [0.4, 0.5) is 13.2 Å². The Morgan fingerprint density at radius 2 is 1.83 bits per heavy atom. The lowest BCUT2D eigenvalue weighted by molar-refractivity contribution is -0.144. The molecule has 2 saturated heterocycles. The van der Waals surface area contributed by atoms with Crippen molar-refractivity contribution in [1.82, 2.24) is 25.1 Å². The second kappa shape index (κ2) is 11.0. The zero-order valence-corrected chi connectivity index (χ0v) is 25.7. The quantitative estimate of drug-likeness (QED) is 0.397. The molecule has 8 nitrogen and oxygen atoms in total. The predicted octanol–water partition coefficient (Wildman–Crippen LogP) is 5.10. The average molecular weight is 645 g/mol. The highest BCUT2D eigenvalue weighted by Crippen LogP contribution is 2.63. The van der Waals surface area contributed by atoms with Gasteiger partial charge in [0.15, 0.2) is 0 Å². The van der Waals surface area contributed by atoms with Crippen LogP contribution in [0.2, 0.25) is 0 Å². The number of carbonyl (C=O) groups excluding carboxylic acids is 3. The minimum atomic E-state index is -4.71. The van der Waals surface area contributed by atoms with Gasteiger partial charge < -0.3 is 10.2 Å². The summed E-state index contributed by atoms with van der Waals surface area (Å²) in [5.74, 6) is -1.38. The maximum Gasteiger partial charge on any atom is 0.433 e. The monoisotopic (exact) mass is 643 g/mol. The third-order valence-electron chi connectivity index (χ3n) is 8.41. The number of nitrogens with zero attached hydrogens (tertiary/aromatic N) is 4. The molecule has 0 bridgehead atoms. The SMILES string of the molecule is Cc1cc(C(F)(F)F)nc(-c2ccnc3cc(CN4C(=O)C5C(C4=O)C5(C)C)sc23)c1C(=O)N1CCNC[C@@H]1C.Cl.Cl. The molecule has 0 radical (unpaired) electrons. The molecule has 2 aliphatic heterocycles. The minimum absolute atomic E-state index is 0. The average Bonchev–Trinajstić information content (AvgIpc) is 3.13. The minimum Gasteiger partial charge on any atom is -0.333 e. The number of fused-ring (bicyclic) bond motifs is 2. The van der Waals surface area contributed by atoms with Crippen LogP contribution in [-0.2, 0) is 22.3 Å². The van der Waals surface area contributed by atoms with Crippen molar-refractivity contribution in [2.45, 2.75) is 46.5 Å². The van der Waals surface area contributed by atoms with Crippen LogP contribution in [0.5, 0.6) is 0 Å². The van der Waals surface area contributed by atoms with Gasteiger partial charge in [0.25, 0.3) is 5.91 Å². The van der Waals surface area contributed by atoms with Crippen molar-refractivity contribution < 1.29 is 27.6 Å². The number of hydrogen-bond acceptors (Lipinski definition) is 7. The van der Waals surface area contributed by atoms with Crippen molar-refractivity contribution in [2.24, 2.45) is 17.3 Å². The number of carbonyl (C=O) groups is 3. The number of piperidine rings is 1. The Bertz CT molecular complexity index is 1570. The van der Waals surface area contributed by atoms with Gasteiger partial charge in [-0.05, 0) is 43.0 Å². The number of nitrogens with one attached hydrogen (secondary N) is 1. The number of aryl methyl sites for hydroxylation is 1. The number of aromatic nitrogens is 2. The molecule has 3 atom stereocenters. The van der Waals surface area contributed by atoms with Gasteiger partial charge in [0, 0.05) is 42.3 Å². The molecule has 1 saturated carbocycles. The molecule has 0 spiro atoms. The van der Waals surface area contributed by atoms with E-state index in [9.17, 15) is 27.6 Å². The molecule has 5 heterocycles. The van der Waals surface area contributed by atoms with Gasteiger partial charge in [-0.3, -0.25) is 24.3 Å². The van der Waals surface area contributed by atoms with Gasteiger partial charge >= 0.3 is 6.18 Å². The van der Waals surface area contributed by atoms with Crippen LogP contribution in [0, 0.1) is 24.2 Å². The Balaban J connectivity index is 0.00000202. The first-order valence-corrected chi connectivity index (χ1v) is 14.0. The van der Waals surface area contributed by atoms with E-state index in [-0.39, 0.29) is 89.2 Å². The number of amides is 3. The predicted molar refractivity (Wildman–Crippen MR) is 157 cm³/mol. The highest BCUT2D eigenvalue weighted by atomic mass is 35.5. The normalized spacial score (nSPS) is 23.0. The van der Waals surface area contributed by atoms with E-state index in [1.165, 1.54) is 29.4 Å². The summed E-state index contributed by atoms with van der Waals surface area (Å²) in [5.41, 5.74) is -0.307. The van der Waals surface area contributed by atoms with Crippen LogP contribution in [0.15, 0.2) is 24.4 Å². The molecule has 14 heteroatoms. The lowest BCUT2D eigenvalue weighted by Gasteiger charge is -2.34. The summed E-state index contributed by atoms with van der Waals surface area (Å²) < 4.78 is 42.2. The van der Waals surface area contributed by atoms with Crippen LogP contribution >= 0.6 is 36.2 Å². The van der Waals surface area contributed by atoms with Crippen molar-refractivity contribution in [3.05, 3.63) is 46.1 Å². The van der Waals surface area contributed by atoms with Crippen molar-refractivity contribution >= 4 is 64.1 Å². The van der Waals surface area contributed by atoms with E-state index in [0.717, 1.165) is 6.07 Å². The number of likely N-dealkylation sites (tertiary alicyclic amines) is 1. The van der Waals surface area contributed by atoms with E-state index < -0.39 is 11.9 Å². The molecule has 3 aliphatic rings. The number of imide groups is 1. The van der Waals surface area contributed by atoms with Crippen molar-refractivity contribution in [3.8, 4) is 11.3 Å². The van der Waals surface area contributed by atoms with Crippen LogP contribution in [0.1, 0.15) is 47.3 Å². The fourth-order valence-corrected chi connectivity index (χ4v) is 7.25. The smallest absolute Gasteiger partial charge is 0.333 e. The zero-order chi connectivity index (χ0) is 28.7. The summed E-state index contributed by atoms with van der Waals surface area (Å²) in [6, 6.07) is 4.07. The highest BCUT2D eigenvalue weighted by Gasteiger charge is 2.72. The molecule has 2 unspecified atom stereocenters. The second-order valence-electron chi connectivity index (χ2n) is 11.4. The van der Waals surface area contributed by atoms with E-state index >= 15 is 0 Å². The summed E-state index contributed by atoms with van der Waals surface area (Å²) >= 11 is 1.24. The summed E-state index contributed by atoms with van der Waals surface area (Å²) in [4.78, 5) is 51.5. The number of hydrogen-bond donors (Lipinski definition) is 1. The van der Waals surface area contributed by atoms with Gasteiger partial charge in [0.2, 0.25) is 11.8 Å². The first-order valence-electron chi connectivity index (χ1n) is 13.1. The first kappa shape index (κ1) is 32.1. The lowest BCUT2D eigenvalue weighted by atomic mass is 9.98. The Morgan fingerprint density at radius 3 is 2.45 bits per heavy atom. The van der Waals surface area contributed by atoms with E-state index in [4.69, 9.17) is 0 Å². The third-order valence-corrected chi connectivity index (χ3v) is 9.55. The number of piperazine rings is 1. The molecule has 0 aromatic carbocycles. The Morgan fingerprint density at radius 1 is 1.17 bits per heavy atom. The molecule has 3 amide bonds. The first-order chi connectivity index (χ1) is 18.8. The van der Waals surface area contributed by atoms with Crippen LogP contribution in [0.3, 0.4) is 0 Å². The molecule has 3 aromatic heterocycles. The molecular weight excluding hydrogens is 614 g/mol. The van der Waals surface area contributed by atoms with Gasteiger partial charge in [-0.15, -0.1) is 36.2 Å². The standard InChI is InChI=1S/C28H28F3N5O3S.2ClH/c1-13-9-18(28(29,30)31)34-22(19(13)24(37)35-8-7-32-11-14(35)2)16-5-6-33-17-10-15(40-23(16)17)12-36-25(38)20-21(26(36)39)27(20,3)4;;/h5-6,9-10,14,20-21,32H,7-8,11-12H2,1-4H3;2*1H/t14-,20?,21?;;/m0../s1. The van der Waals surface area contributed by atoms with Crippen LogP contribution in [0.25, 0.3) is 21.5 Å². The van der Waals surface area contributed by atoms with Crippen LogP contribution < -0.4 is 5.32 Å². The fraction of sp³-hybridized carbons (Fsp3) is 0.464. The van der Waals surface area contributed by atoms with Crippen molar-refractivity contribution in [2.75, 3.05) is 19.6 Å². The Hall–Kier alpha value is -2.80. The molecule has 3 fully saturated rings. The molecule has 1 N–H and O–H groups in total. The lowest BCUT2D eigenvalue weighted by Crippen LogP contribution is -2.52. The maximum absolute atomic E-state index is 13.9. The van der Waals surface area contributed by atoms with Gasteiger partial charge in [-0.25, -0.2) is 4.98 Å². The maximum atomic E-state index is 13.9. The van der Waals surface area contributed by atoms with E-state index in [0.29, 0.717) is 40.3 Å². The van der Waals surface area contributed by atoms with Crippen molar-refractivity contribution in [1.29, 1.82) is 0 Å². The number of rotatable bonds is 4. The van der Waals surface area contributed by atoms with Gasteiger partial charge in [0.05, 0.1) is 39.9 Å². The Labute approximate surface area is 256 Å². The molecule has 42 heavy (non-hydrogen) atoms. The van der Waals surface area contributed by atoms with E-state index in [1.807, 2.05) is 20.8 Å². The van der Waals surface area contributed by atoms with Gasteiger partial charge in [0.1, 0.15) is 5.69 Å². The summed E-state index contributed by atoms with van der Waals surface area (Å²) in [6.07, 6.45) is -3.24. The Kier molecular flexibility index (Phi) is 8.44. The topological polar surface area (TPSA) is 95.5 Å². The highest BCUT2D eigenvalue weighted by molar-refractivity contribution is 7.19. The van der Waals surface area contributed by atoms with Crippen LogP contribution in [-0.4, -0.2) is 63.2 Å². The van der Waals surface area contributed by atoms with Crippen molar-refractivity contribution in [3.63, 3.8) is 0 Å². The number of pyridine rings is 2. The number of alkyl halides is 3.